The molecule has 0 fully saturated rings. The molecule has 2 nitrogen and oxygen atoms in total. The topological polar surface area (TPSA) is 39.8 Å². The van der Waals surface area contributed by atoms with Crippen LogP contribution in [0.25, 0.3) is 0 Å². The molecule has 1 radical (unpaired) electrons. The van der Waals surface area contributed by atoms with Crippen LogP contribution in [0.2, 0.25) is 0 Å². The summed E-state index contributed by atoms with van der Waals surface area (Å²) in [4.78, 5) is 0. The van der Waals surface area contributed by atoms with Crippen molar-refractivity contribution in [2.75, 3.05) is 0 Å². The normalized spacial score (nSPS) is 4.00. The van der Waals surface area contributed by atoms with Gasteiger partial charge in [-0.05, 0) is 9.90 Å². The molecule has 1 aromatic carbocycles. The van der Waals surface area contributed by atoms with Crippen molar-refractivity contribution in [3.05, 3.63) is 43.6 Å². The molecule has 1 atom stereocenters. The standard InChI is InChI=1S/C5H5.2CO.Mn.H3P/c1-2-4-5-3-1;2*1-2;;/h1-5H;;;;1H3/q-1;;;;/p+1. The summed E-state index contributed by atoms with van der Waals surface area (Å²) >= 11 is 0. The first-order valence-electron chi connectivity index (χ1n) is 2.07. The molecule has 0 N–H and O–H groups in total. The van der Waals surface area contributed by atoms with E-state index in [2.05, 4.69) is 13.3 Å². The van der Waals surface area contributed by atoms with E-state index in [9.17, 15) is 0 Å². The molecule has 0 aliphatic rings. The Kier molecular flexibility index (Phi) is 67.3. The first-order chi connectivity index (χ1) is 4.50. The minimum absolute atomic E-state index is 0. The third-order valence-electron chi connectivity index (χ3n) is 0.556. The van der Waals surface area contributed by atoms with Gasteiger partial charge in [0, 0.05) is 17.1 Å². The maximum Gasteiger partial charge on any atom is 0 e. The Bertz CT molecular complexity index is 123. The van der Waals surface area contributed by atoms with Gasteiger partial charge in [0.05, 0.1) is 0 Å². The van der Waals surface area contributed by atoms with E-state index in [0.29, 0.717) is 0 Å². The van der Waals surface area contributed by atoms with Gasteiger partial charge in [0.25, 0.3) is 0 Å². The van der Waals surface area contributed by atoms with Gasteiger partial charge in [-0.1, -0.05) is 0 Å². The second kappa shape index (κ2) is 33.0. The van der Waals surface area contributed by atoms with Crippen LogP contribution >= 0.6 is 9.90 Å². The Morgan fingerprint density at radius 1 is 0.909 bits per heavy atom. The van der Waals surface area contributed by atoms with Crippen molar-refractivity contribution in [3.63, 3.8) is 0 Å². The maximum absolute atomic E-state index is 7.50. The first-order valence-corrected chi connectivity index (χ1v) is 2.07. The van der Waals surface area contributed by atoms with E-state index in [1.165, 1.54) is 0 Å². The third kappa shape index (κ3) is 25.9. The molecule has 0 heterocycles. The Balaban J connectivity index is -0.0000000369. The first kappa shape index (κ1) is 22.4. The van der Waals surface area contributed by atoms with Crippen LogP contribution in [0.5, 0.6) is 0 Å². The van der Waals surface area contributed by atoms with Crippen molar-refractivity contribution in [2.24, 2.45) is 0 Å². The summed E-state index contributed by atoms with van der Waals surface area (Å²) in [6, 6.07) is 10.0. The summed E-state index contributed by atoms with van der Waals surface area (Å²) in [6.07, 6.45) is 0. The minimum atomic E-state index is 0. The molecule has 1 rings (SSSR count). The van der Waals surface area contributed by atoms with Crippen LogP contribution in [-0.2, 0) is 26.4 Å². The summed E-state index contributed by atoms with van der Waals surface area (Å²) in [6.45, 7) is 9.00. The Labute approximate surface area is 80.3 Å². The summed E-state index contributed by atoms with van der Waals surface area (Å²) in [7, 11) is 0. The van der Waals surface area contributed by atoms with Crippen molar-refractivity contribution in [1.29, 1.82) is 0 Å². The minimum Gasteiger partial charge on any atom is -0.214 e. The number of hydrogen-bond acceptors (Lipinski definition) is 0. The monoisotopic (exact) mass is 211 g/mol. The average molecular weight is 211 g/mol. The molecule has 0 saturated carbocycles. The van der Waals surface area contributed by atoms with Crippen LogP contribution in [0, 0.1) is 13.3 Å². The van der Waals surface area contributed by atoms with E-state index < -0.39 is 0 Å². The molecule has 61 valence electrons. The molecule has 0 saturated heterocycles. The predicted molar refractivity (Wildman–Crippen MR) is 42.4 cm³/mol. The van der Waals surface area contributed by atoms with Crippen molar-refractivity contribution < 1.29 is 26.4 Å². The molecule has 1 aromatic rings. The van der Waals surface area contributed by atoms with Gasteiger partial charge >= 0.3 is 22.6 Å². The van der Waals surface area contributed by atoms with Gasteiger partial charge in [-0.3, -0.25) is 0 Å². The van der Waals surface area contributed by atoms with E-state index in [-0.39, 0.29) is 27.0 Å². The van der Waals surface area contributed by atoms with Crippen molar-refractivity contribution >= 4 is 9.90 Å². The van der Waals surface area contributed by atoms with Gasteiger partial charge in [0.1, 0.15) is 0 Å². The zero-order valence-corrected chi connectivity index (χ0v) is 9.26. The zero-order chi connectivity index (χ0) is 7.54. The third-order valence-corrected chi connectivity index (χ3v) is 0.556. The molecule has 0 aliphatic heterocycles. The Morgan fingerprint density at radius 3 is 1.27 bits per heavy atom. The fourth-order valence-corrected chi connectivity index (χ4v) is 0.321. The molecule has 0 bridgehead atoms. The van der Waals surface area contributed by atoms with Gasteiger partial charge < -0.3 is 0 Å². The molecule has 0 aromatic heterocycles. The fourth-order valence-electron chi connectivity index (χ4n) is 0.321. The fraction of sp³-hybridized carbons (Fsp3) is 0. The molecule has 0 amide bonds. The predicted octanol–water partition coefficient (Wildman–Crippen LogP) is 1.12. The van der Waals surface area contributed by atoms with Crippen LogP contribution in [0.1, 0.15) is 0 Å². The summed E-state index contributed by atoms with van der Waals surface area (Å²) in [5.74, 6) is 0. The van der Waals surface area contributed by atoms with Gasteiger partial charge in [0.2, 0.25) is 0 Å². The van der Waals surface area contributed by atoms with E-state index in [1.54, 1.807) is 0 Å². The van der Waals surface area contributed by atoms with Gasteiger partial charge in [-0.2, -0.15) is 18.2 Å². The van der Waals surface area contributed by atoms with E-state index in [4.69, 9.17) is 9.30 Å². The van der Waals surface area contributed by atoms with Gasteiger partial charge in [0.15, 0.2) is 0 Å². The number of hydrogen-bond donors (Lipinski definition) is 0. The smallest absolute Gasteiger partial charge is 0 e. The van der Waals surface area contributed by atoms with Crippen LogP contribution in [0.3, 0.4) is 0 Å². The van der Waals surface area contributed by atoms with Gasteiger partial charge in [-0.25, -0.2) is 12.1 Å². The molecule has 0 spiro atoms. The SMILES string of the molecule is [C-]#[O+].[C-]#[O+].[Mn].[PH4+].c1cc[cH-]c1. The summed E-state index contributed by atoms with van der Waals surface area (Å²) < 4.78 is 15.0. The molecule has 11 heavy (non-hydrogen) atoms. The molecular formula is C7H9MnO2P. The van der Waals surface area contributed by atoms with Gasteiger partial charge in [-0.15, -0.1) is 0 Å². The summed E-state index contributed by atoms with van der Waals surface area (Å²) in [5, 5.41) is 0. The van der Waals surface area contributed by atoms with Crippen LogP contribution in [0.15, 0.2) is 30.3 Å². The van der Waals surface area contributed by atoms with E-state index in [0.717, 1.165) is 0 Å². The van der Waals surface area contributed by atoms with E-state index >= 15 is 0 Å². The molecule has 4 heteroatoms. The zero-order valence-electron chi connectivity index (χ0n) is 6.08. The van der Waals surface area contributed by atoms with Crippen LogP contribution in [0.4, 0.5) is 0 Å². The largest absolute Gasteiger partial charge is 0.214 e. The molecular weight excluding hydrogens is 202 g/mol. The summed E-state index contributed by atoms with van der Waals surface area (Å²) in [5.41, 5.74) is 0. The second-order valence-electron chi connectivity index (χ2n) is 0.962. The molecule has 1 unspecified atom stereocenters. The quantitative estimate of drug-likeness (QED) is 0.267. The maximum atomic E-state index is 7.50. The van der Waals surface area contributed by atoms with Crippen molar-refractivity contribution in [2.45, 2.75) is 0 Å². The number of rotatable bonds is 0. The van der Waals surface area contributed by atoms with Crippen LogP contribution < -0.4 is 0 Å². The van der Waals surface area contributed by atoms with Crippen LogP contribution in [-0.4, -0.2) is 0 Å². The Morgan fingerprint density at radius 2 is 1.18 bits per heavy atom. The molecule has 0 aliphatic carbocycles. The van der Waals surface area contributed by atoms with Crippen molar-refractivity contribution in [3.8, 4) is 0 Å². The Hall–Kier alpha value is -0.221. The van der Waals surface area contributed by atoms with Crippen molar-refractivity contribution in [1.82, 2.24) is 0 Å². The second-order valence-corrected chi connectivity index (χ2v) is 0.962. The average Bonchev–Trinajstić information content (AvgIpc) is 2.51. The van der Waals surface area contributed by atoms with E-state index in [1.807, 2.05) is 30.3 Å².